The Morgan fingerprint density at radius 1 is 0.724 bits per heavy atom. The Kier molecular flexibility index (Phi) is 12.2. The van der Waals surface area contributed by atoms with Gasteiger partial charge in [0.2, 0.25) is 0 Å². The van der Waals surface area contributed by atoms with Crippen molar-refractivity contribution in [2.45, 2.75) is 32.6 Å². The Morgan fingerprint density at radius 3 is 1.72 bits per heavy atom. The van der Waals surface area contributed by atoms with Crippen molar-refractivity contribution in [3.63, 3.8) is 0 Å². The maximum atomic E-state index is 14.5. The van der Waals surface area contributed by atoms with Crippen LogP contribution in [0.15, 0.2) is 60.7 Å². The number of halogens is 1. The molecule has 0 N–H and O–H groups in total. The second-order valence-corrected chi connectivity index (χ2v) is 7.04. The number of hydrogen-bond donors (Lipinski definition) is 0. The van der Waals surface area contributed by atoms with E-state index >= 15 is 0 Å². The summed E-state index contributed by atoms with van der Waals surface area (Å²) in [5.41, 5.74) is 2.35. The lowest BCUT2D eigenvalue weighted by Crippen LogP contribution is -2.32. The first kappa shape index (κ1) is 23.5. The van der Waals surface area contributed by atoms with Crippen LogP contribution in [0.25, 0.3) is 0 Å². The van der Waals surface area contributed by atoms with E-state index in [2.05, 4.69) is 36.1 Å². The van der Waals surface area contributed by atoms with E-state index < -0.39 is 6.17 Å². The van der Waals surface area contributed by atoms with Gasteiger partial charge in [-0.2, -0.15) is 0 Å². The van der Waals surface area contributed by atoms with Crippen molar-refractivity contribution in [2.24, 2.45) is 0 Å². The highest BCUT2D eigenvalue weighted by Gasteiger charge is 2.15. The number of nitrogens with zero attached hydrogens (tertiary/aromatic N) is 1. The van der Waals surface area contributed by atoms with Crippen LogP contribution < -0.4 is 0 Å². The highest BCUT2D eigenvalue weighted by atomic mass is 19.1. The van der Waals surface area contributed by atoms with Gasteiger partial charge in [0.15, 0.2) is 0 Å². The topological polar surface area (TPSA) is 30.9 Å². The summed E-state index contributed by atoms with van der Waals surface area (Å²) in [7, 11) is 0. The Hall–Kier alpha value is -1.79. The molecular weight excluding hydrogens is 369 g/mol. The molecule has 0 radical (unpaired) electrons. The number of rotatable bonds is 16. The average molecular weight is 404 g/mol. The number of ether oxygens (including phenoxy) is 3. The van der Waals surface area contributed by atoms with Gasteiger partial charge in [-0.1, -0.05) is 67.6 Å². The molecule has 0 heterocycles. The largest absolute Gasteiger partial charge is 0.379 e. The van der Waals surface area contributed by atoms with Gasteiger partial charge in [-0.3, -0.25) is 4.90 Å². The quantitative estimate of drug-likeness (QED) is 0.387. The third-order valence-electron chi connectivity index (χ3n) is 4.35. The van der Waals surface area contributed by atoms with E-state index in [0.717, 1.165) is 13.0 Å². The van der Waals surface area contributed by atoms with Crippen LogP contribution in [0.5, 0.6) is 0 Å². The summed E-state index contributed by atoms with van der Waals surface area (Å²) in [6.45, 7) is 6.64. The molecule has 0 amide bonds. The third-order valence-corrected chi connectivity index (χ3v) is 4.35. The van der Waals surface area contributed by atoms with Crippen molar-refractivity contribution in [1.82, 2.24) is 4.90 Å². The number of hydrogen-bond acceptors (Lipinski definition) is 4. The predicted octanol–water partition coefficient (Wildman–Crippen LogP) is 4.49. The normalized spacial score (nSPS) is 12.4. The van der Waals surface area contributed by atoms with Gasteiger partial charge in [0.05, 0.1) is 33.0 Å². The van der Waals surface area contributed by atoms with Gasteiger partial charge in [-0.05, 0) is 17.5 Å². The van der Waals surface area contributed by atoms with Crippen molar-refractivity contribution in [3.05, 3.63) is 71.8 Å². The molecule has 0 aromatic heterocycles. The molecule has 0 fully saturated rings. The fourth-order valence-corrected chi connectivity index (χ4v) is 3.00. The van der Waals surface area contributed by atoms with E-state index in [4.69, 9.17) is 14.2 Å². The maximum Gasteiger partial charge on any atom is 0.136 e. The summed E-state index contributed by atoms with van der Waals surface area (Å²) in [6, 6.07) is 20.3. The number of benzene rings is 2. The molecule has 2 aromatic rings. The fraction of sp³-hybridized carbons (Fsp3) is 0.500. The van der Waals surface area contributed by atoms with Crippen LogP contribution in [-0.2, 0) is 27.3 Å². The summed E-state index contributed by atoms with van der Waals surface area (Å²) in [6.07, 6.45) is -0.0395. The van der Waals surface area contributed by atoms with E-state index in [9.17, 15) is 4.39 Å². The van der Waals surface area contributed by atoms with Crippen LogP contribution in [0.4, 0.5) is 4.39 Å². The first-order chi connectivity index (χ1) is 14.3. The van der Waals surface area contributed by atoms with Crippen molar-refractivity contribution >= 4 is 0 Å². The molecule has 0 aliphatic rings. The molecular formula is C24H34FNO3. The van der Waals surface area contributed by atoms with Crippen LogP contribution in [0, 0.1) is 0 Å². The van der Waals surface area contributed by atoms with Crippen LogP contribution in [0.1, 0.15) is 24.5 Å². The summed E-state index contributed by atoms with van der Waals surface area (Å²) in [5.74, 6) is 0. The molecule has 5 heteroatoms. The molecule has 4 nitrogen and oxygen atoms in total. The number of alkyl halides is 1. The summed E-state index contributed by atoms with van der Waals surface area (Å²) in [4.78, 5) is 2.13. The lowest BCUT2D eigenvalue weighted by Gasteiger charge is -2.24. The van der Waals surface area contributed by atoms with E-state index in [1.165, 1.54) is 11.1 Å². The van der Waals surface area contributed by atoms with E-state index in [1.807, 2.05) is 36.4 Å². The molecule has 29 heavy (non-hydrogen) atoms. The molecule has 1 unspecified atom stereocenters. The second kappa shape index (κ2) is 15.1. The molecule has 2 rings (SSSR count). The van der Waals surface area contributed by atoms with Crippen molar-refractivity contribution < 1.29 is 18.6 Å². The SMILES string of the molecule is CCCOCCOCCOCC(F)CN(Cc1ccccc1)Cc1ccccc1. The third kappa shape index (κ3) is 11.1. The molecule has 160 valence electrons. The van der Waals surface area contributed by atoms with Crippen molar-refractivity contribution in [2.75, 3.05) is 46.2 Å². The molecule has 0 saturated heterocycles. The predicted molar refractivity (Wildman–Crippen MR) is 115 cm³/mol. The standard InChI is InChI=1S/C24H34FNO3/c1-2-13-27-14-15-28-16-17-29-21-24(25)20-26(18-22-9-5-3-6-10-22)19-23-11-7-4-8-12-23/h3-12,24H,2,13-21H2,1H3. The maximum absolute atomic E-state index is 14.5. The Balaban J connectivity index is 1.70. The van der Waals surface area contributed by atoms with Crippen LogP contribution in [0.2, 0.25) is 0 Å². The molecule has 0 spiro atoms. The Bertz CT molecular complexity index is 585. The van der Waals surface area contributed by atoms with E-state index in [1.54, 1.807) is 0 Å². The molecule has 0 aliphatic heterocycles. The zero-order chi connectivity index (χ0) is 20.6. The smallest absolute Gasteiger partial charge is 0.136 e. The monoisotopic (exact) mass is 403 g/mol. The van der Waals surface area contributed by atoms with Gasteiger partial charge in [0, 0.05) is 26.2 Å². The summed E-state index contributed by atoms with van der Waals surface area (Å²) < 4.78 is 30.8. The van der Waals surface area contributed by atoms with Crippen molar-refractivity contribution in [1.29, 1.82) is 0 Å². The van der Waals surface area contributed by atoms with E-state index in [-0.39, 0.29) is 6.61 Å². The van der Waals surface area contributed by atoms with Gasteiger partial charge in [-0.15, -0.1) is 0 Å². The average Bonchev–Trinajstić information content (AvgIpc) is 2.74. The molecule has 2 aromatic carbocycles. The fourth-order valence-electron chi connectivity index (χ4n) is 3.00. The van der Waals surface area contributed by atoms with Crippen molar-refractivity contribution in [3.8, 4) is 0 Å². The zero-order valence-corrected chi connectivity index (χ0v) is 17.5. The lowest BCUT2D eigenvalue weighted by molar-refractivity contribution is -0.000851. The van der Waals surface area contributed by atoms with E-state index in [0.29, 0.717) is 46.1 Å². The second-order valence-electron chi connectivity index (χ2n) is 7.04. The minimum atomic E-state index is -1.05. The Labute approximate surface area is 174 Å². The van der Waals surface area contributed by atoms with Crippen LogP contribution in [0.3, 0.4) is 0 Å². The zero-order valence-electron chi connectivity index (χ0n) is 17.5. The minimum absolute atomic E-state index is 0.0791. The molecule has 0 saturated carbocycles. The van der Waals surface area contributed by atoms with Gasteiger partial charge < -0.3 is 14.2 Å². The first-order valence-electron chi connectivity index (χ1n) is 10.5. The first-order valence-corrected chi connectivity index (χ1v) is 10.5. The van der Waals surface area contributed by atoms with Gasteiger partial charge in [0.1, 0.15) is 6.17 Å². The minimum Gasteiger partial charge on any atom is -0.379 e. The Morgan fingerprint density at radius 2 is 1.21 bits per heavy atom. The summed E-state index contributed by atoms with van der Waals surface area (Å²) >= 11 is 0. The molecule has 1 atom stereocenters. The van der Waals surface area contributed by atoms with Gasteiger partial charge in [-0.25, -0.2) is 4.39 Å². The van der Waals surface area contributed by atoms with Crippen LogP contribution >= 0.6 is 0 Å². The lowest BCUT2D eigenvalue weighted by atomic mass is 10.1. The summed E-state index contributed by atoms with van der Waals surface area (Å²) in [5, 5.41) is 0. The molecule has 0 bridgehead atoms. The van der Waals surface area contributed by atoms with Gasteiger partial charge >= 0.3 is 0 Å². The van der Waals surface area contributed by atoms with Gasteiger partial charge in [0.25, 0.3) is 0 Å². The highest BCUT2D eigenvalue weighted by Crippen LogP contribution is 2.12. The van der Waals surface area contributed by atoms with Crippen LogP contribution in [-0.4, -0.2) is 57.3 Å². The highest BCUT2D eigenvalue weighted by molar-refractivity contribution is 5.17. The molecule has 0 aliphatic carbocycles.